The van der Waals surface area contributed by atoms with Crippen LogP contribution in [0.5, 0.6) is 0 Å². The lowest BCUT2D eigenvalue weighted by Crippen LogP contribution is -2.22. The number of aromatic nitrogens is 1. The van der Waals surface area contributed by atoms with Gasteiger partial charge in [0.25, 0.3) is 0 Å². The highest BCUT2D eigenvalue weighted by Crippen LogP contribution is 2.31. The Morgan fingerprint density at radius 3 is 2.68 bits per heavy atom. The molecule has 1 heterocycles. The Morgan fingerprint density at radius 2 is 1.96 bits per heavy atom. The van der Waals surface area contributed by atoms with E-state index in [9.17, 15) is 4.79 Å². The van der Waals surface area contributed by atoms with Gasteiger partial charge in [0.2, 0.25) is 5.91 Å². The molecule has 128 valence electrons. The Morgan fingerprint density at radius 1 is 1.20 bits per heavy atom. The first-order valence-corrected chi connectivity index (χ1v) is 9.58. The first kappa shape index (κ1) is 17.5. The Balaban J connectivity index is 1.69. The standard InChI is InChI=1S/C19H19N3OS2/c1-12-17(14-7-4-3-5-8-14)21-19(25-12)22-18(23)13(2)24-16-10-6-9-15(20)11-16/h3-11,13H,20H2,1-2H3,(H,21,22,23). The van der Waals surface area contributed by atoms with Gasteiger partial charge in [-0.05, 0) is 32.0 Å². The maximum Gasteiger partial charge on any atom is 0.239 e. The Kier molecular flexibility index (Phi) is 5.40. The molecule has 0 bridgehead atoms. The number of nitrogens with one attached hydrogen (secondary N) is 1. The number of amides is 1. The van der Waals surface area contributed by atoms with E-state index >= 15 is 0 Å². The van der Waals surface area contributed by atoms with E-state index in [1.54, 1.807) is 0 Å². The van der Waals surface area contributed by atoms with Crippen LogP contribution in [0.4, 0.5) is 10.8 Å². The van der Waals surface area contributed by atoms with E-state index in [2.05, 4.69) is 10.3 Å². The van der Waals surface area contributed by atoms with Crippen molar-refractivity contribution in [2.45, 2.75) is 24.0 Å². The highest BCUT2D eigenvalue weighted by molar-refractivity contribution is 8.00. The van der Waals surface area contributed by atoms with Crippen LogP contribution in [0.15, 0.2) is 59.5 Å². The van der Waals surface area contributed by atoms with Crippen molar-refractivity contribution in [2.24, 2.45) is 0 Å². The van der Waals surface area contributed by atoms with Crippen molar-refractivity contribution in [1.29, 1.82) is 0 Å². The molecule has 0 aliphatic rings. The summed E-state index contributed by atoms with van der Waals surface area (Å²) in [6.07, 6.45) is 0. The van der Waals surface area contributed by atoms with Gasteiger partial charge in [0.1, 0.15) is 0 Å². The van der Waals surface area contributed by atoms with Crippen LogP contribution >= 0.6 is 23.1 Å². The maximum atomic E-state index is 12.5. The number of thioether (sulfide) groups is 1. The van der Waals surface area contributed by atoms with Crippen LogP contribution < -0.4 is 11.1 Å². The fourth-order valence-corrected chi connectivity index (χ4v) is 4.14. The van der Waals surface area contributed by atoms with Gasteiger partial charge in [0.05, 0.1) is 10.9 Å². The number of hydrogen-bond acceptors (Lipinski definition) is 5. The fraction of sp³-hybridized carbons (Fsp3) is 0.158. The second-order valence-electron chi connectivity index (χ2n) is 5.61. The molecule has 1 aromatic heterocycles. The van der Waals surface area contributed by atoms with Crippen LogP contribution in [0.2, 0.25) is 0 Å². The van der Waals surface area contributed by atoms with Crippen molar-refractivity contribution in [2.75, 3.05) is 11.1 Å². The molecular formula is C19H19N3OS2. The molecule has 1 amide bonds. The van der Waals surface area contributed by atoms with E-state index in [1.165, 1.54) is 23.1 Å². The van der Waals surface area contributed by atoms with Crippen LogP contribution in [-0.2, 0) is 4.79 Å². The molecular weight excluding hydrogens is 350 g/mol. The number of nitrogens with zero attached hydrogens (tertiary/aromatic N) is 1. The number of nitrogens with two attached hydrogens (primary N) is 1. The van der Waals surface area contributed by atoms with Crippen LogP contribution in [-0.4, -0.2) is 16.1 Å². The van der Waals surface area contributed by atoms with Gasteiger partial charge >= 0.3 is 0 Å². The fourth-order valence-electron chi connectivity index (χ4n) is 2.37. The van der Waals surface area contributed by atoms with Crippen molar-refractivity contribution >= 4 is 39.8 Å². The summed E-state index contributed by atoms with van der Waals surface area (Å²) in [6, 6.07) is 17.5. The molecule has 0 spiro atoms. The maximum absolute atomic E-state index is 12.5. The third-order valence-corrected chi connectivity index (χ3v) is 5.59. The summed E-state index contributed by atoms with van der Waals surface area (Å²) in [6.45, 7) is 3.89. The minimum atomic E-state index is -0.244. The van der Waals surface area contributed by atoms with E-state index < -0.39 is 0 Å². The van der Waals surface area contributed by atoms with Crippen LogP contribution in [0, 0.1) is 6.92 Å². The van der Waals surface area contributed by atoms with Crippen molar-refractivity contribution in [3.8, 4) is 11.3 Å². The van der Waals surface area contributed by atoms with Gasteiger partial charge < -0.3 is 11.1 Å². The van der Waals surface area contributed by atoms with E-state index in [1.807, 2.05) is 68.4 Å². The molecule has 3 aromatic rings. The predicted octanol–water partition coefficient (Wildman–Crippen LogP) is 4.82. The molecule has 25 heavy (non-hydrogen) atoms. The number of rotatable bonds is 5. The Labute approximate surface area is 155 Å². The number of hydrogen-bond donors (Lipinski definition) is 2. The molecule has 6 heteroatoms. The highest BCUT2D eigenvalue weighted by Gasteiger charge is 2.17. The zero-order valence-electron chi connectivity index (χ0n) is 14.0. The van der Waals surface area contributed by atoms with Gasteiger partial charge in [-0.3, -0.25) is 4.79 Å². The molecule has 4 nitrogen and oxygen atoms in total. The van der Waals surface area contributed by atoms with Crippen LogP contribution in [0.3, 0.4) is 0 Å². The molecule has 3 rings (SSSR count). The molecule has 0 saturated heterocycles. The lowest BCUT2D eigenvalue weighted by molar-refractivity contribution is -0.115. The van der Waals surface area contributed by atoms with Crippen LogP contribution in [0.25, 0.3) is 11.3 Å². The topological polar surface area (TPSA) is 68.0 Å². The number of benzene rings is 2. The average Bonchev–Trinajstić information content (AvgIpc) is 2.96. The summed E-state index contributed by atoms with van der Waals surface area (Å²) in [5.74, 6) is -0.0687. The largest absolute Gasteiger partial charge is 0.399 e. The van der Waals surface area contributed by atoms with Crippen molar-refractivity contribution in [3.63, 3.8) is 0 Å². The minimum Gasteiger partial charge on any atom is -0.399 e. The van der Waals surface area contributed by atoms with E-state index in [0.29, 0.717) is 10.8 Å². The number of carbonyl (C=O) groups is 1. The summed E-state index contributed by atoms with van der Waals surface area (Å²) in [7, 11) is 0. The smallest absolute Gasteiger partial charge is 0.239 e. The summed E-state index contributed by atoms with van der Waals surface area (Å²) in [4.78, 5) is 19.1. The predicted molar refractivity (Wildman–Crippen MR) is 107 cm³/mol. The van der Waals surface area contributed by atoms with Crippen molar-refractivity contribution < 1.29 is 4.79 Å². The number of nitrogen functional groups attached to an aromatic ring is 1. The van der Waals surface area contributed by atoms with Crippen LogP contribution in [0.1, 0.15) is 11.8 Å². The number of anilines is 2. The molecule has 3 N–H and O–H groups in total. The number of carbonyl (C=O) groups excluding carboxylic acids is 1. The highest BCUT2D eigenvalue weighted by atomic mass is 32.2. The molecule has 0 radical (unpaired) electrons. The first-order chi connectivity index (χ1) is 12.0. The number of aryl methyl sites for hydroxylation is 1. The van der Waals surface area contributed by atoms with Gasteiger partial charge in [0, 0.05) is 21.0 Å². The molecule has 0 saturated carbocycles. The van der Waals surface area contributed by atoms with Gasteiger partial charge in [-0.15, -0.1) is 23.1 Å². The van der Waals surface area contributed by atoms with E-state index in [-0.39, 0.29) is 11.2 Å². The monoisotopic (exact) mass is 369 g/mol. The zero-order valence-corrected chi connectivity index (χ0v) is 15.7. The average molecular weight is 370 g/mol. The minimum absolute atomic E-state index is 0.0687. The first-order valence-electron chi connectivity index (χ1n) is 7.89. The lowest BCUT2D eigenvalue weighted by Gasteiger charge is -2.10. The lowest BCUT2D eigenvalue weighted by atomic mass is 10.1. The van der Waals surface area contributed by atoms with Crippen molar-refractivity contribution in [3.05, 3.63) is 59.5 Å². The van der Waals surface area contributed by atoms with E-state index in [4.69, 9.17) is 5.73 Å². The summed E-state index contributed by atoms with van der Waals surface area (Å²) in [5.41, 5.74) is 8.45. The molecule has 0 aliphatic carbocycles. The summed E-state index contributed by atoms with van der Waals surface area (Å²) in [5, 5.41) is 3.31. The summed E-state index contributed by atoms with van der Waals surface area (Å²) < 4.78 is 0. The van der Waals surface area contributed by atoms with Gasteiger partial charge in [0.15, 0.2) is 5.13 Å². The third-order valence-electron chi connectivity index (χ3n) is 3.61. The summed E-state index contributed by atoms with van der Waals surface area (Å²) >= 11 is 2.97. The van der Waals surface area contributed by atoms with Gasteiger partial charge in [-0.2, -0.15) is 0 Å². The second-order valence-corrected chi connectivity index (χ2v) is 8.23. The van der Waals surface area contributed by atoms with Gasteiger partial charge in [-0.25, -0.2) is 4.98 Å². The third kappa shape index (κ3) is 4.41. The molecule has 2 aromatic carbocycles. The molecule has 0 fully saturated rings. The van der Waals surface area contributed by atoms with Gasteiger partial charge in [-0.1, -0.05) is 36.4 Å². The molecule has 0 aliphatic heterocycles. The Bertz CT molecular complexity index is 877. The number of thiazole rings is 1. The second kappa shape index (κ2) is 7.72. The zero-order chi connectivity index (χ0) is 17.8. The normalized spacial score (nSPS) is 11.9. The van der Waals surface area contributed by atoms with E-state index in [0.717, 1.165) is 21.0 Å². The SMILES string of the molecule is Cc1sc(NC(=O)C(C)Sc2cccc(N)c2)nc1-c1ccccc1. The quantitative estimate of drug-likeness (QED) is 0.500. The molecule has 1 unspecified atom stereocenters. The Hall–Kier alpha value is -2.31. The van der Waals surface area contributed by atoms with Crippen molar-refractivity contribution in [1.82, 2.24) is 4.98 Å². The molecule has 1 atom stereocenters.